The lowest BCUT2D eigenvalue weighted by atomic mass is 10.2. The largest absolute Gasteiger partial charge is 0.492 e. The fourth-order valence-corrected chi connectivity index (χ4v) is 1.24. The van der Waals surface area contributed by atoms with Gasteiger partial charge in [-0.1, -0.05) is 19.1 Å². The number of aliphatic hydroxyl groups excluding tert-OH is 1. The third kappa shape index (κ3) is 3.80. The smallest absolute Gasteiger partial charge is 0.142 e. The number of nitrogens with one attached hydrogen (secondary N) is 1. The van der Waals surface area contributed by atoms with E-state index in [1.807, 2.05) is 38.1 Å². The Balaban J connectivity index is 2.58. The molecule has 1 unspecified atom stereocenters. The predicted octanol–water partition coefficient (Wildman–Crippen LogP) is 2.13. The molecule has 0 aliphatic heterocycles. The van der Waals surface area contributed by atoms with E-state index in [9.17, 15) is 0 Å². The van der Waals surface area contributed by atoms with Crippen molar-refractivity contribution in [2.75, 3.05) is 25.1 Å². The van der Waals surface area contributed by atoms with Gasteiger partial charge in [0.25, 0.3) is 0 Å². The summed E-state index contributed by atoms with van der Waals surface area (Å²) in [4.78, 5) is 0. The normalized spacial score (nSPS) is 12.2. The van der Waals surface area contributed by atoms with Crippen LogP contribution in [0.2, 0.25) is 0 Å². The Morgan fingerprint density at radius 2 is 2.13 bits per heavy atom. The number of benzene rings is 1. The van der Waals surface area contributed by atoms with Crippen molar-refractivity contribution in [2.24, 2.45) is 5.92 Å². The summed E-state index contributed by atoms with van der Waals surface area (Å²) in [6.07, 6.45) is 0. The molecule has 0 aliphatic rings. The fourth-order valence-electron chi connectivity index (χ4n) is 1.24. The van der Waals surface area contributed by atoms with Crippen LogP contribution in [0.15, 0.2) is 24.3 Å². The second-order valence-electron chi connectivity index (χ2n) is 3.60. The van der Waals surface area contributed by atoms with Gasteiger partial charge < -0.3 is 15.2 Å². The van der Waals surface area contributed by atoms with E-state index in [2.05, 4.69) is 5.32 Å². The number of hydrogen-bond donors (Lipinski definition) is 2. The van der Waals surface area contributed by atoms with Crippen LogP contribution in [0.3, 0.4) is 0 Å². The van der Waals surface area contributed by atoms with E-state index in [-0.39, 0.29) is 12.5 Å². The molecule has 3 nitrogen and oxygen atoms in total. The summed E-state index contributed by atoms with van der Waals surface area (Å²) in [7, 11) is 0. The molecular formula is C12H19NO2. The molecule has 0 spiro atoms. The Morgan fingerprint density at radius 1 is 1.40 bits per heavy atom. The van der Waals surface area contributed by atoms with Crippen LogP contribution in [-0.4, -0.2) is 24.9 Å². The van der Waals surface area contributed by atoms with Crippen LogP contribution in [0, 0.1) is 5.92 Å². The Morgan fingerprint density at radius 3 is 2.80 bits per heavy atom. The summed E-state index contributed by atoms with van der Waals surface area (Å²) in [6, 6.07) is 7.84. The fraction of sp³-hybridized carbons (Fsp3) is 0.500. The third-order valence-electron chi connectivity index (χ3n) is 2.14. The molecule has 0 bridgehead atoms. The minimum atomic E-state index is 0.198. The van der Waals surface area contributed by atoms with Gasteiger partial charge in [0.1, 0.15) is 5.75 Å². The molecule has 2 N–H and O–H groups in total. The van der Waals surface area contributed by atoms with Crippen LogP contribution >= 0.6 is 0 Å². The van der Waals surface area contributed by atoms with Gasteiger partial charge in [-0.25, -0.2) is 0 Å². The maximum atomic E-state index is 8.91. The van der Waals surface area contributed by atoms with E-state index in [1.54, 1.807) is 0 Å². The first-order chi connectivity index (χ1) is 7.27. The number of rotatable bonds is 6. The maximum Gasteiger partial charge on any atom is 0.142 e. The van der Waals surface area contributed by atoms with Gasteiger partial charge in [0.05, 0.1) is 12.3 Å². The molecule has 0 fully saturated rings. The molecule has 1 atom stereocenters. The van der Waals surface area contributed by atoms with Gasteiger partial charge in [-0.2, -0.15) is 0 Å². The molecule has 0 aliphatic carbocycles. The molecule has 0 heterocycles. The molecule has 15 heavy (non-hydrogen) atoms. The predicted molar refractivity (Wildman–Crippen MR) is 62.4 cm³/mol. The highest BCUT2D eigenvalue weighted by Gasteiger charge is 2.03. The summed E-state index contributed by atoms with van der Waals surface area (Å²) >= 11 is 0. The van der Waals surface area contributed by atoms with E-state index < -0.39 is 0 Å². The third-order valence-corrected chi connectivity index (χ3v) is 2.14. The quantitative estimate of drug-likeness (QED) is 0.754. The Kier molecular flexibility index (Phi) is 4.98. The molecule has 1 aromatic rings. The van der Waals surface area contributed by atoms with E-state index in [0.717, 1.165) is 18.0 Å². The van der Waals surface area contributed by atoms with Crippen LogP contribution in [0.5, 0.6) is 5.75 Å². The van der Waals surface area contributed by atoms with Crippen LogP contribution in [0.25, 0.3) is 0 Å². The Labute approximate surface area is 91.1 Å². The standard InChI is InChI=1S/C12H19NO2/c1-3-15-12-7-5-4-6-11(12)13-8-10(2)9-14/h4-7,10,13-14H,3,8-9H2,1-2H3. The highest BCUT2D eigenvalue weighted by atomic mass is 16.5. The molecular weight excluding hydrogens is 190 g/mol. The van der Waals surface area contributed by atoms with Crippen molar-refractivity contribution >= 4 is 5.69 Å². The van der Waals surface area contributed by atoms with Gasteiger partial charge in [0.15, 0.2) is 0 Å². The Hall–Kier alpha value is -1.22. The molecule has 3 heteroatoms. The van der Waals surface area contributed by atoms with Crippen molar-refractivity contribution in [2.45, 2.75) is 13.8 Å². The molecule has 0 amide bonds. The second kappa shape index (κ2) is 6.30. The van der Waals surface area contributed by atoms with Crippen LogP contribution in [0.4, 0.5) is 5.69 Å². The summed E-state index contributed by atoms with van der Waals surface area (Å²) in [5, 5.41) is 12.2. The summed E-state index contributed by atoms with van der Waals surface area (Å²) < 4.78 is 5.48. The van der Waals surface area contributed by atoms with Gasteiger partial charge in [-0.05, 0) is 25.0 Å². The number of aliphatic hydroxyl groups is 1. The first-order valence-corrected chi connectivity index (χ1v) is 5.34. The van der Waals surface area contributed by atoms with Crippen LogP contribution in [0.1, 0.15) is 13.8 Å². The lowest BCUT2D eigenvalue weighted by Gasteiger charge is -2.14. The molecule has 1 aromatic carbocycles. The summed E-state index contributed by atoms with van der Waals surface area (Å²) in [5.74, 6) is 1.12. The van der Waals surface area contributed by atoms with E-state index in [1.165, 1.54) is 0 Å². The average molecular weight is 209 g/mol. The number of para-hydroxylation sites is 2. The maximum absolute atomic E-state index is 8.91. The average Bonchev–Trinajstić information content (AvgIpc) is 2.28. The van der Waals surface area contributed by atoms with Crippen molar-refractivity contribution in [1.82, 2.24) is 0 Å². The summed E-state index contributed by atoms with van der Waals surface area (Å²) in [5.41, 5.74) is 0.986. The van der Waals surface area contributed by atoms with Gasteiger partial charge in [-0.3, -0.25) is 0 Å². The van der Waals surface area contributed by atoms with Gasteiger partial charge in [-0.15, -0.1) is 0 Å². The lowest BCUT2D eigenvalue weighted by Crippen LogP contribution is -2.15. The van der Waals surface area contributed by atoms with Gasteiger partial charge in [0.2, 0.25) is 0 Å². The van der Waals surface area contributed by atoms with Crippen molar-refractivity contribution in [3.8, 4) is 5.75 Å². The zero-order valence-corrected chi connectivity index (χ0v) is 9.36. The van der Waals surface area contributed by atoms with E-state index in [4.69, 9.17) is 9.84 Å². The van der Waals surface area contributed by atoms with Crippen LogP contribution in [-0.2, 0) is 0 Å². The van der Waals surface area contributed by atoms with Crippen LogP contribution < -0.4 is 10.1 Å². The zero-order chi connectivity index (χ0) is 11.1. The zero-order valence-electron chi connectivity index (χ0n) is 9.36. The monoisotopic (exact) mass is 209 g/mol. The Bertz CT molecular complexity index is 289. The first-order valence-electron chi connectivity index (χ1n) is 5.34. The molecule has 84 valence electrons. The first kappa shape index (κ1) is 11.9. The van der Waals surface area contributed by atoms with E-state index >= 15 is 0 Å². The van der Waals surface area contributed by atoms with Crippen molar-refractivity contribution in [3.63, 3.8) is 0 Å². The second-order valence-corrected chi connectivity index (χ2v) is 3.60. The van der Waals surface area contributed by atoms with E-state index in [0.29, 0.717) is 6.61 Å². The van der Waals surface area contributed by atoms with Crippen molar-refractivity contribution in [3.05, 3.63) is 24.3 Å². The number of ether oxygens (including phenoxy) is 1. The topological polar surface area (TPSA) is 41.5 Å². The highest BCUT2D eigenvalue weighted by molar-refractivity contribution is 5.56. The number of hydrogen-bond acceptors (Lipinski definition) is 3. The summed E-state index contributed by atoms with van der Waals surface area (Å²) in [6.45, 7) is 5.57. The van der Waals surface area contributed by atoms with Gasteiger partial charge in [0, 0.05) is 13.2 Å². The number of anilines is 1. The molecule has 1 rings (SSSR count). The minimum absolute atomic E-state index is 0.198. The SMILES string of the molecule is CCOc1ccccc1NCC(C)CO. The molecule has 0 saturated heterocycles. The minimum Gasteiger partial charge on any atom is -0.492 e. The highest BCUT2D eigenvalue weighted by Crippen LogP contribution is 2.23. The molecule has 0 radical (unpaired) electrons. The lowest BCUT2D eigenvalue weighted by molar-refractivity contribution is 0.244. The van der Waals surface area contributed by atoms with Crippen molar-refractivity contribution < 1.29 is 9.84 Å². The molecule has 0 aromatic heterocycles. The molecule has 0 saturated carbocycles. The van der Waals surface area contributed by atoms with Gasteiger partial charge >= 0.3 is 0 Å². The van der Waals surface area contributed by atoms with Crippen molar-refractivity contribution in [1.29, 1.82) is 0 Å².